The SMILES string of the molecule is CC/C=C\C/C=C\C/C=C\C/C=C\C/C=C\C/C=C\CCCCCCCCC(=O)OCC(COC(=O)CCCCCCCCCCCCCCCCCCCCC)OC(=O)CCCCCCCC/C=C\C/C=C\C/C=C\C/C=C\CC. The third kappa shape index (κ3) is 66.5. The topological polar surface area (TPSA) is 78.9 Å². The minimum Gasteiger partial charge on any atom is -0.462 e. The van der Waals surface area contributed by atoms with Crippen LogP contribution in [0.15, 0.2) is 122 Å². The molecular weight excluding hydrogens is 997 g/mol. The van der Waals surface area contributed by atoms with Gasteiger partial charge in [0.2, 0.25) is 0 Å². The zero-order valence-electron chi connectivity index (χ0n) is 53.0. The fourth-order valence-corrected chi connectivity index (χ4v) is 9.44. The first-order valence-corrected chi connectivity index (χ1v) is 34.0. The van der Waals surface area contributed by atoms with E-state index < -0.39 is 6.10 Å². The van der Waals surface area contributed by atoms with E-state index in [9.17, 15) is 14.4 Å². The molecule has 0 aliphatic rings. The van der Waals surface area contributed by atoms with Gasteiger partial charge in [-0.05, 0) is 109 Å². The second-order valence-electron chi connectivity index (χ2n) is 22.3. The van der Waals surface area contributed by atoms with Gasteiger partial charge in [-0.15, -0.1) is 0 Å². The van der Waals surface area contributed by atoms with Gasteiger partial charge in [0.1, 0.15) is 13.2 Å². The Hall–Kier alpha value is -4.19. The van der Waals surface area contributed by atoms with E-state index in [0.717, 1.165) is 148 Å². The van der Waals surface area contributed by atoms with Crippen molar-refractivity contribution in [2.24, 2.45) is 0 Å². The van der Waals surface area contributed by atoms with Gasteiger partial charge in [-0.1, -0.05) is 309 Å². The second-order valence-corrected chi connectivity index (χ2v) is 22.3. The van der Waals surface area contributed by atoms with Gasteiger partial charge in [0.05, 0.1) is 0 Å². The lowest BCUT2D eigenvalue weighted by atomic mass is 10.0. The molecule has 0 bridgehead atoms. The molecule has 0 aromatic heterocycles. The fraction of sp³-hybridized carbons (Fsp3) is 0.693. The zero-order valence-corrected chi connectivity index (χ0v) is 53.0. The first-order valence-electron chi connectivity index (χ1n) is 34.0. The minimum atomic E-state index is -0.796. The average molecular weight is 1120 g/mol. The summed E-state index contributed by atoms with van der Waals surface area (Å²) in [5.41, 5.74) is 0. The number of ether oxygens (including phenoxy) is 3. The number of carbonyl (C=O) groups excluding carboxylic acids is 3. The second kappa shape index (κ2) is 68.3. The lowest BCUT2D eigenvalue weighted by Crippen LogP contribution is -2.30. The van der Waals surface area contributed by atoms with Crippen molar-refractivity contribution in [3.05, 3.63) is 122 Å². The van der Waals surface area contributed by atoms with E-state index in [4.69, 9.17) is 14.2 Å². The van der Waals surface area contributed by atoms with E-state index in [1.54, 1.807) is 0 Å². The smallest absolute Gasteiger partial charge is 0.306 e. The van der Waals surface area contributed by atoms with Crippen LogP contribution >= 0.6 is 0 Å². The molecule has 0 amide bonds. The molecular formula is C75H126O6. The molecule has 0 aromatic carbocycles. The van der Waals surface area contributed by atoms with Gasteiger partial charge in [0.25, 0.3) is 0 Å². The van der Waals surface area contributed by atoms with E-state index >= 15 is 0 Å². The molecule has 0 N–H and O–H groups in total. The number of esters is 3. The molecule has 0 radical (unpaired) electrons. The molecule has 0 aromatic rings. The van der Waals surface area contributed by atoms with Crippen LogP contribution < -0.4 is 0 Å². The quantitative estimate of drug-likeness (QED) is 0.0261. The van der Waals surface area contributed by atoms with E-state index in [0.29, 0.717) is 19.3 Å². The van der Waals surface area contributed by atoms with Crippen LogP contribution in [-0.2, 0) is 28.6 Å². The molecule has 81 heavy (non-hydrogen) atoms. The molecule has 0 aliphatic heterocycles. The Labute approximate surface area is 501 Å². The highest BCUT2D eigenvalue weighted by Crippen LogP contribution is 2.17. The fourth-order valence-electron chi connectivity index (χ4n) is 9.44. The van der Waals surface area contributed by atoms with Crippen LogP contribution in [0.4, 0.5) is 0 Å². The molecule has 0 heterocycles. The summed E-state index contributed by atoms with van der Waals surface area (Å²) in [7, 11) is 0. The highest BCUT2D eigenvalue weighted by molar-refractivity contribution is 5.71. The van der Waals surface area contributed by atoms with Gasteiger partial charge in [0, 0.05) is 19.3 Å². The molecule has 6 heteroatoms. The predicted octanol–water partition coefficient (Wildman–Crippen LogP) is 23.6. The van der Waals surface area contributed by atoms with Crippen LogP contribution in [0.3, 0.4) is 0 Å². The summed E-state index contributed by atoms with van der Waals surface area (Å²) in [6.45, 7) is 6.42. The first-order chi connectivity index (χ1) is 40.0. The third-order valence-corrected chi connectivity index (χ3v) is 14.5. The third-order valence-electron chi connectivity index (χ3n) is 14.5. The summed E-state index contributed by atoms with van der Waals surface area (Å²) in [6, 6.07) is 0. The number of unbranched alkanes of at least 4 members (excludes halogenated alkanes) is 30. The monoisotopic (exact) mass is 1120 g/mol. The highest BCUT2D eigenvalue weighted by atomic mass is 16.6. The molecule has 0 rings (SSSR count). The Kier molecular flexibility index (Phi) is 64.8. The van der Waals surface area contributed by atoms with Crippen LogP contribution in [0, 0.1) is 0 Å². The molecule has 0 fully saturated rings. The summed E-state index contributed by atoms with van der Waals surface area (Å²) in [4.78, 5) is 38.5. The zero-order chi connectivity index (χ0) is 58.5. The highest BCUT2D eigenvalue weighted by Gasteiger charge is 2.19. The van der Waals surface area contributed by atoms with Crippen molar-refractivity contribution in [3.63, 3.8) is 0 Å². The standard InChI is InChI=1S/C75H126O6/c1-4-7-10-13-16-19-22-25-28-31-34-35-36-37-38-39-42-44-47-50-53-56-59-62-65-68-74(77)80-71-72(81-75(78)69-66-63-60-57-54-51-48-45-41-33-30-27-24-21-18-15-12-9-6-3)70-79-73(76)67-64-61-58-55-52-49-46-43-40-32-29-26-23-20-17-14-11-8-5-2/h7,9-10,12,16,18-19,21,25,27-28,30,34-35,37-38,41-42,44-45,72H,4-6,8,11,13-15,17,20,22-24,26,29,31-33,36,39-40,43,46-71H2,1-3H3/b10-7-,12-9-,19-16-,21-18-,28-25-,30-27-,35-34-,38-37-,44-42-,45-41-. The number of rotatable bonds is 61. The number of hydrogen-bond acceptors (Lipinski definition) is 6. The van der Waals surface area contributed by atoms with Crippen LogP contribution in [-0.4, -0.2) is 37.2 Å². The van der Waals surface area contributed by atoms with E-state index in [1.165, 1.54) is 128 Å². The van der Waals surface area contributed by atoms with Gasteiger partial charge >= 0.3 is 17.9 Å². The van der Waals surface area contributed by atoms with Crippen LogP contribution in [0.25, 0.3) is 0 Å². The van der Waals surface area contributed by atoms with Crippen molar-refractivity contribution >= 4 is 17.9 Å². The Bertz CT molecular complexity index is 1670. The number of carbonyl (C=O) groups is 3. The van der Waals surface area contributed by atoms with Gasteiger partial charge in [-0.2, -0.15) is 0 Å². The van der Waals surface area contributed by atoms with E-state index in [2.05, 4.69) is 142 Å². The molecule has 0 aliphatic carbocycles. The van der Waals surface area contributed by atoms with Crippen molar-refractivity contribution in [2.45, 2.75) is 322 Å². The molecule has 1 atom stereocenters. The van der Waals surface area contributed by atoms with Crippen molar-refractivity contribution in [1.29, 1.82) is 0 Å². The van der Waals surface area contributed by atoms with Crippen LogP contribution in [0.5, 0.6) is 0 Å². The Morgan fingerprint density at radius 3 is 0.753 bits per heavy atom. The molecule has 0 saturated carbocycles. The Balaban J connectivity index is 4.43. The maximum atomic E-state index is 12.9. The van der Waals surface area contributed by atoms with Crippen molar-refractivity contribution < 1.29 is 28.6 Å². The molecule has 0 saturated heterocycles. The van der Waals surface area contributed by atoms with Gasteiger partial charge in [0.15, 0.2) is 6.10 Å². The summed E-state index contributed by atoms with van der Waals surface area (Å²) in [5, 5.41) is 0. The van der Waals surface area contributed by atoms with Gasteiger partial charge in [-0.25, -0.2) is 0 Å². The maximum Gasteiger partial charge on any atom is 0.306 e. The predicted molar refractivity (Wildman–Crippen MR) is 353 cm³/mol. The summed E-state index contributed by atoms with van der Waals surface area (Å²) < 4.78 is 17.0. The first kappa shape index (κ1) is 76.8. The summed E-state index contributed by atoms with van der Waals surface area (Å²) in [5.74, 6) is -0.907. The lowest BCUT2D eigenvalue weighted by Gasteiger charge is -2.18. The summed E-state index contributed by atoms with van der Waals surface area (Å²) in [6.07, 6.45) is 94.9. The van der Waals surface area contributed by atoms with Crippen molar-refractivity contribution in [2.75, 3.05) is 13.2 Å². The minimum absolute atomic E-state index is 0.0885. The summed E-state index contributed by atoms with van der Waals surface area (Å²) >= 11 is 0. The Morgan fingerprint density at radius 2 is 0.481 bits per heavy atom. The van der Waals surface area contributed by atoms with Crippen molar-refractivity contribution in [1.82, 2.24) is 0 Å². The van der Waals surface area contributed by atoms with Crippen LogP contribution in [0.2, 0.25) is 0 Å². The maximum absolute atomic E-state index is 12.9. The normalized spacial score (nSPS) is 12.9. The average Bonchev–Trinajstić information content (AvgIpc) is 3.47. The van der Waals surface area contributed by atoms with E-state index in [-0.39, 0.29) is 31.1 Å². The van der Waals surface area contributed by atoms with Gasteiger partial charge < -0.3 is 14.2 Å². The lowest BCUT2D eigenvalue weighted by molar-refractivity contribution is -0.167. The Morgan fingerprint density at radius 1 is 0.259 bits per heavy atom. The van der Waals surface area contributed by atoms with Crippen LogP contribution in [0.1, 0.15) is 316 Å². The molecule has 6 nitrogen and oxygen atoms in total. The van der Waals surface area contributed by atoms with Gasteiger partial charge in [-0.3, -0.25) is 14.4 Å². The molecule has 1 unspecified atom stereocenters. The van der Waals surface area contributed by atoms with Crippen molar-refractivity contribution in [3.8, 4) is 0 Å². The molecule has 0 spiro atoms. The van der Waals surface area contributed by atoms with E-state index in [1.807, 2.05) is 0 Å². The number of allylic oxidation sites excluding steroid dienone is 20. The number of hydrogen-bond donors (Lipinski definition) is 0. The molecule has 462 valence electrons. The largest absolute Gasteiger partial charge is 0.462 e.